The highest BCUT2D eigenvalue weighted by atomic mass is 35.5. The van der Waals surface area contributed by atoms with Crippen LogP contribution in [0.1, 0.15) is 39.2 Å². The van der Waals surface area contributed by atoms with Crippen LogP contribution in [0.25, 0.3) is 0 Å². The number of hydrogen-bond donors (Lipinski definition) is 1. The molecule has 1 heterocycles. The second-order valence-corrected chi connectivity index (χ2v) is 7.57. The maximum atomic E-state index is 10.8. The molecule has 23 heavy (non-hydrogen) atoms. The zero-order valence-electron chi connectivity index (χ0n) is 14.3. The number of aryl methyl sites for hydroxylation is 1. The Bertz CT molecular complexity index is 589. The van der Waals surface area contributed by atoms with Gasteiger partial charge in [0, 0.05) is 5.02 Å². The van der Waals surface area contributed by atoms with Crippen LogP contribution < -0.4 is 0 Å². The van der Waals surface area contributed by atoms with Crippen molar-refractivity contribution < 1.29 is 5.11 Å². The molecule has 1 aliphatic rings. The van der Waals surface area contributed by atoms with E-state index in [1.54, 1.807) is 11.0 Å². The molecule has 2 atom stereocenters. The largest absolute Gasteiger partial charge is 0.387 e. The highest BCUT2D eigenvalue weighted by molar-refractivity contribution is 6.30. The van der Waals surface area contributed by atoms with Gasteiger partial charge in [-0.1, -0.05) is 50.1 Å². The molecule has 1 N–H and O–H groups in total. The summed E-state index contributed by atoms with van der Waals surface area (Å²) >= 11 is 5.61. The molecule has 1 aliphatic carbocycles. The third-order valence-electron chi connectivity index (χ3n) is 5.07. The first-order valence-electron chi connectivity index (χ1n) is 8.01. The Labute approximate surface area is 143 Å². The van der Waals surface area contributed by atoms with Crippen LogP contribution in [-0.4, -0.2) is 25.5 Å². The lowest BCUT2D eigenvalue weighted by atomic mass is 9.74. The molecule has 0 bridgehead atoms. The topological polar surface area (TPSA) is 50.9 Å². The molecule has 1 aromatic carbocycles. The van der Waals surface area contributed by atoms with E-state index in [1.165, 1.54) is 11.9 Å². The average Bonchev–Trinajstić information content (AvgIpc) is 3.07. The lowest BCUT2D eigenvalue weighted by Gasteiger charge is -2.39. The van der Waals surface area contributed by atoms with E-state index in [2.05, 4.69) is 30.9 Å². The zero-order chi connectivity index (χ0) is 17.1. The third kappa shape index (κ3) is 4.12. The summed E-state index contributed by atoms with van der Waals surface area (Å²) in [6.07, 6.45) is 5.33. The molecule has 0 aliphatic heterocycles. The van der Waals surface area contributed by atoms with Crippen LogP contribution in [-0.2, 0) is 6.54 Å². The van der Waals surface area contributed by atoms with Crippen molar-refractivity contribution in [2.75, 3.05) is 0 Å². The summed E-state index contributed by atoms with van der Waals surface area (Å²) < 4.78 is 1.73. The molecule has 0 saturated heterocycles. The molecule has 1 fully saturated rings. The summed E-state index contributed by atoms with van der Waals surface area (Å²) in [5.74, 6) is 0.316. The second kappa shape index (κ2) is 7.02. The highest BCUT2D eigenvalue weighted by Crippen LogP contribution is 2.50. The number of nitrogens with zero attached hydrogens (tertiary/aromatic N) is 3. The van der Waals surface area contributed by atoms with E-state index in [0.717, 1.165) is 17.9 Å². The summed E-state index contributed by atoms with van der Waals surface area (Å²) in [4.78, 5) is 3.91. The van der Waals surface area contributed by atoms with Gasteiger partial charge < -0.3 is 5.11 Å². The van der Waals surface area contributed by atoms with Gasteiger partial charge in [0.25, 0.3) is 0 Å². The Morgan fingerprint density at radius 1 is 1.30 bits per heavy atom. The second-order valence-electron chi connectivity index (χ2n) is 7.14. The minimum absolute atomic E-state index is 0.0433. The Morgan fingerprint density at radius 2 is 1.96 bits per heavy atom. The molecule has 0 spiro atoms. The van der Waals surface area contributed by atoms with Crippen LogP contribution in [0, 0.1) is 18.3 Å². The predicted octanol–water partition coefficient (Wildman–Crippen LogP) is 4.11. The monoisotopic (exact) mass is 335 g/mol. The zero-order valence-corrected chi connectivity index (χ0v) is 15.1. The SMILES string of the molecule is CC1CCC(C)(C)C1(O)Cn1cncn1.Cc1ccc(Cl)cc1. The molecule has 1 aromatic heterocycles. The van der Waals surface area contributed by atoms with Gasteiger partial charge in [-0.2, -0.15) is 5.10 Å². The fraction of sp³-hybridized carbons (Fsp3) is 0.556. The molecule has 5 heteroatoms. The van der Waals surface area contributed by atoms with Gasteiger partial charge in [-0.3, -0.25) is 4.68 Å². The lowest BCUT2D eigenvalue weighted by molar-refractivity contribution is -0.0863. The van der Waals surface area contributed by atoms with Crippen molar-refractivity contribution in [1.82, 2.24) is 14.8 Å². The minimum Gasteiger partial charge on any atom is -0.387 e. The van der Waals surface area contributed by atoms with Crippen LogP contribution in [0.15, 0.2) is 36.9 Å². The van der Waals surface area contributed by atoms with Crippen molar-refractivity contribution in [3.63, 3.8) is 0 Å². The van der Waals surface area contributed by atoms with Crippen molar-refractivity contribution in [1.29, 1.82) is 0 Å². The molecule has 2 unspecified atom stereocenters. The van der Waals surface area contributed by atoms with E-state index in [0.29, 0.717) is 12.5 Å². The fourth-order valence-electron chi connectivity index (χ4n) is 3.16. The van der Waals surface area contributed by atoms with Gasteiger partial charge in [0.2, 0.25) is 0 Å². The third-order valence-corrected chi connectivity index (χ3v) is 5.32. The van der Waals surface area contributed by atoms with Gasteiger partial charge in [-0.05, 0) is 43.2 Å². The maximum absolute atomic E-state index is 10.8. The van der Waals surface area contributed by atoms with E-state index in [9.17, 15) is 5.11 Å². The number of aliphatic hydroxyl groups is 1. The van der Waals surface area contributed by atoms with Gasteiger partial charge in [0.05, 0.1) is 12.1 Å². The van der Waals surface area contributed by atoms with E-state index >= 15 is 0 Å². The van der Waals surface area contributed by atoms with E-state index < -0.39 is 5.60 Å². The molecular formula is C18H26ClN3O. The molecule has 2 aromatic rings. The van der Waals surface area contributed by atoms with E-state index in [-0.39, 0.29) is 5.41 Å². The van der Waals surface area contributed by atoms with Gasteiger partial charge in [0.1, 0.15) is 12.7 Å². The van der Waals surface area contributed by atoms with Gasteiger partial charge in [-0.15, -0.1) is 0 Å². The molecule has 1 saturated carbocycles. The molecule has 0 amide bonds. The Morgan fingerprint density at radius 3 is 2.39 bits per heavy atom. The predicted molar refractivity (Wildman–Crippen MR) is 93.3 cm³/mol. The Kier molecular flexibility index (Phi) is 5.48. The van der Waals surface area contributed by atoms with Gasteiger partial charge in [0.15, 0.2) is 0 Å². The van der Waals surface area contributed by atoms with E-state index in [1.807, 2.05) is 31.2 Å². The Hall–Kier alpha value is -1.39. The Balaban J connectivity index is 0.000000203. The molecular weight excluding hydrogens is 310 g/mol. The van der Waals surface area contributed by atoms with Crippen molar-refractivity contribution in [2.45, 2.75) is 52.7 Å². The first-order chi connectivity index (χ1) is 10.7. The molecule has 3 rings (SSSR count). The number of benzene rings is 1. The number of rotatable bonds is 2. The van der Waals surface area contributed by atoms with Crippen LogP contribution in [0.5, 0.6) is 0 Å². The summed E-state index contributed by atoms with van der Waals surface area (Å²) in [5.41, 5.74) is 0.536. The van der Waals surface area contributed by atoms with Crippen LogP contribution in [0.2, 0.25) is 5.02 Å². The van der Waals surface area contributed by atoms with Crippen LogP contribution in [0.3, 0.4) is 0 Å². The summed E-state index contributed by atoms with van der Waals surface area (Å²) in [6.45, 7) is 8.96. The maximum Gasteiger partial charge on any atom is 0.137 e. The fourth-order valence-corrected chi connectivity index (χ4v) is 3.29. The first kappa shape index (κ1) is 18.0. The van der Waals surface area contributed by atoms with Crippen molar-refractivity contribution in [3.05, 3.63) is 47.5 Å². The van der Waals surface area contributed by atoms with Gasteiger partial charge >= 0.3 is 0 Å². The van der Waals surface area contributed by atoms with E-state index in [4.69, 9.17) is 11.6 Å². The molecule has 126 valence electrons. The van der Waals surface area contributed by atoms with Crippen LogP contribution in [0.4, 0.5) is 0 Å². The smallest absolute Gasteiger partial charge is 0.137 e. The van der Waals surface area contributed by atoms with Gasteiger partial charge in [-0.25, -0.2) is 4.98 Å². The number of hydrogen-bond acceptors (Lipinski definition) is 3. The normalized spacial score (nSPS) is 25.7. The summed E-state index contributed by atoms with van der Waals surface area (Å²) in [6, 6.07) is 7.75. The summed E-state index contributed by atoms with van der Waals surface area (Å²) in [7, 11) is 0. The number of halogens is 1. The summed E-state index contributed by atoms with van der Waals surface area (Å²) in [5, 5.41) is 15.6. The van der Waals surface area contributed by atoms with Crippen molar-refractivity contribution >= 4 is 11.6 Å². The minimum atomic E-state index is -0.666. The quantitative estimate of drug-likeness (QED) is 0.898. The number of aromatic nitrogens is 3. The van der Waals surface area contributed by atoms with Crippen molar-refractivity contribution in [3.8, 4) is 0 Å². The molecule has 0 radical (unpaired) electrons. The highest BCUT2D eigenvalue weighted by Gasteiger charge is 2.52. The van der Waals surface area contributed by atoms with Crippen LogP contribution >= 0.6 is 11.6 Å². The molecule has 4 nitrogen and oxygen atoms in total. The van der Waals surface area contributed by atoms with Crippen molar-refractivity contribution in [2.24, 2.45) is 11.3 Å². The standard InChI is InChI=1S/C11H19N3O.C7H7Cl/c1-9-4-5-10(2,3)11(9,15)6-14-8-12-7-13-14;1-6-2-4-7(8)5-3-6/h7-9,15H,4-6H2,1-3H3;2-5H,1H3. The first-order valence-corrected chi connectivity index (χ1v) is 8.39. The lowest BCUT2D eigenvalue weighted by Crippen LogP contribution is -2.48. The average molecular weight is 336 g/mol.